The Balaban J connectivity index is 2.45. The summed E-state index contributed by atoms with van der Waals surface area (Å²) in [6.45, 7) is 11.3. The second-order valence-corrected chi connectivity index (χ2v) is 6.83. The summed E-state index contributed by atoms with van der Waals surface area (Å²) in [4.78, 5) is 2.53. The van der Waals surface area contributed by atoms with Crippen LogP contribution in [0.2, 0.25) is 0 Å². The van der Waals surface area contributed by atoms with E-state index in [-0.39, 0.29) is 12.0 Å². The highest BCUT2D eigenvalue weighted by molar-refractivity contribution is 4.82. The topological polar surface area (TPSA) is 35.5 Å². The third kappa shape index (κ3) is 6.73. The molecule has 0 spiro atoms. The number of nitrogens with one attached hydrogen (secondary N) is 1. The highest BCUT2D eigenvalue weighted by Crippen LogP contribution is 2.25. The summed E-state index contributed by atoms with van der Waals surface area (Å²) >= 11 is 0. The monoisotopic (exact) mass is 270 g/mol. The third-order valence-corrected chi connectivity index (χ3v) is 4.14. The number of rotatable bonds is 9. The summed E-state index contributed by atoms with van der Waals surface area (Å²) in [5.41, 5.74) is 0.280. The van der Waals surface area contributed by atoms with Gasteiger partial charge >= 0.3 is 0 Å². The standard InChI is InChI=1S/C16H34N2O/c1-4-10-17-13-16(2,3)14-18(11-12-19)15-8-6-5-7-9-15/h15,17,19H,4-14H2,1-3H3. The molecule has 0 atom stereocenters. The molecule has 0 unspecified atom stereocenters. The molecule has 2 N–H and O–H groups in total. The van der Waals surface area contributed by atoms with Crippen molar-refractivity contribution in [2.75, 3.05) is 32.8 Å². The van der Waals surface area contributed by atoms with E-state index in [1.54, 1.807) is 0 Å². The van der Waals surface area contributed by atoms with Gasteiger partial charge in [0.25, 0.3) is 0 Å². The van der Waals surface area contributed by atoms with Gasteiger partial charge in [0.2, 0.25) is 0 Å². The summed E-state index contributed by atoms with van der Waals surface area (Å²) in [6, 6.07) is 0.700. The molecule has 1 saturated carbocycles. The van der Waals surface area contributed by atoms with Crippen LogP contribution in [0.3, 0.4) is 0 Å². The van der Waals surface area contributed by atoms with Crippen molar-refractivity contribution in [3.63, 3.8) is 0 Å². The number of aliphatic hydroxyl groups excluding tert-OH is 1. The lowest BCUT2D eigenvalue weighted by Crippen LogP contribution is -2.47. The highest BCUT2D eigenvalue weighted by Gasteiger charge is 2.27. The van der Waals surface area contributed by atoms with Gasteiger partial charge in [0.05, 0.1) is 6.61 Å². The van der Waals surface area contributed by atoms with E-state index in [0.717, 1.165) is 26.2 Å². The summed E-state index contributed by atoms with van der Waals surface area (Å²) in [5, 5.41) is 12.9. The fourth-order valence-electron chi connectivity index (χ4n) is 3.17. The molecule has 1 aliphatic carbocycles. The van der Waals surface area contributed by atoms with E-state index in [0.29, 0.717) is 6.04 Å². The minimum atomic E-state index is 0.280. The number of hydrogen-bond acceptors (Lipinski definition) is 3. The van der Waals surface area contributed by atoms with E-state index in [1.807, 2.05) is 0 Å². The summed E-state index contributed by atoms with van der Waals surface area (Å²) < 4.78 is 0. The molecule has 0 saturated heterocycles. The fourth-order valence-corrected chi connectivity index (χ4v) is 3.17. The molecule has 0 aliphatic heterocycles. The van der Waals surface area contributed by atoms with Gasteiger partial charge in [0.1, 0.15) is 0 Å². The molecule has 0 bridgehead atoms. The van der Waals surface area contributed by atoms with E-state index in [9.17, 15) is 5.11 Å². The van der Waals surface area contributed by atoms with Crippen LogP contribution in [-0.4, -0.2) is 48.8 Å². The molecule has 3 heteroatoms. The van der Waals surface area contributed by atoms with Crippen LogP contribution in [0.1, 0.15) is 59.3 Å². The first-order valence-electron chi connectivity index (χ1n) is 8.14. The quantitative estimate of drug-likeness (QED) is 0.632. The summed E-state index contributed by atoms with van der Waals surface area (Å²) in [7, 11) is 0. The van der Waals surface area contributed by atoms with Crippen molar-refractivity contribution in [2.45, 2.75) is 65.3 Å². The Bertz CT molecular complexity index is 225. The van der Waals surface area contributed by atoms with Crippen molar-refractivity contribution in [1.29, 1.82) is 0 Å². The van der Waals surface area contributed by atoms with Gasteiger partial charge in [-0.05, 0) is 31.2 Å². The lowest BCUT2D eigenvalue weighted by atomic mass is 9.89. The molecule has 1 aliphatic rings. The van der Waals surface area contributed by atoms with Crippen LogP contribution >= 0.6 is 0 Å². The van der Waals surface area contributed by atoms with Gasteiger partial charge in [0, 0.05) is 25.7 Å². The van der Waals surface area contributed by atoms with Crippen LogP contribution < -0.4 is 5.32 Å². The second kappa shape index (κ2) is 8.93. The van der Waals surface area contributed by atoms with Crippen molar-refractivity contribution in [3.05, 3.63) is 0 Å². The van der Waals surface area contributed by atoms with Crippen LogP contribution in [0.25, 0.3) is 0 Å². The fraction of sp³-hybridized carbons (Fsp3) is 1.00. The van der Waals surface area contributed by atoms with Crippen molar-refractivity contribution in [2.24, 2.45) is 5.41 Å². The Labute approximate surface area is 119 Å². The van der Waals surface area contributed by atoms with Gasteiger partial charge in [-0.3, -0.25) is 4.90 Å². The first-order valence-corrected chi connectivity index (χ1v) is 8.14. The predicted octanol–water partition coefficient (Wildman–Crippen LogP) is 2.64. The van der Waals surface area contributed by atoms with E-state index in [1.165, 1.54) is 38.5 Å². The predicted molar refractivity (Wildman–Crippen MR) is 82.5 cm³/mol. The van der Waals surface area contributed by atoms with Gasteiger partial charge in [-0.25, -0.2) is 0 Å². The van der Waals surface area contributed by atoms with E-state index < -0.39 is 0 Å². The van der Waals surface area contributed by atoms with Crippen LogP contribution in [0, 0.1) is 5.41 Å². The molecule has 3 nitrogen and oxygen atoms in total. The zero-order valence-electron chi connectivity index (χ0n) is 13.2. The van der Waals surface area contributed by atoms with Crippen molar-refractivity contribution in [3.8, 4) is 0 Å². The molecule has 0 aromatic heterocycles. The van der Waals surface area contributed by atoms with Gasteiger partial charge in [-0.1, -0.05) is 40.0 Å². The minimum absolute atomic E-state index is 0.280. The van der Waals surface area contributed by atoms with Crippen LogP contribution in [0.5, 0.6) is 0 Å². The van der Waals surface area contributed by atoms with Crippen molar-refractivity contribution < 1.29 is 5.11 Å². The number of hydrogen-bond donors (Lipinski definition) is 2. The lowest BCUT2D eigenvalue weighted by Gasteiger charge is -2.39. The van der Waals surface area contributed by atoms with Gasteiger partial charge in [-0.15, -0.1) is 0 Å². The van der Waals surface area contributed by atoms with Gasteiger partial charge in [-0.2, -0.15) is 0 Å². The second-order valence-electron chi connectivity index (χ2n) is 6.83. The molecule has 19 heavy (non-hydrogen) atoms. The third-order valence-electron chi connectivity index (χ3n) is 4.14. The molecule has 1 fully saturated rings. The highest BCUT2D eigenvalue weighted by atomic mass is 16.3. The molecular formula is C16H34N2O. The molecule has 0 aromatic rings. The van der Waals surface area contributed by atoms with E-state index >= 15 is 0 Å². The minimum Gasteiger partial charge on any atom is -0.395 e. The van der Waals surface area contributed by atoms with Crippen LogP contribution in [0.15, 0.2) is 0 Å². The maximum absolute atomic E-state index is 9.32. The molecule has 0 heterocycles. The molecule has 1 rings (SSSR count). The largest absolute Gasteiger partial charge is 0.395 e. The lowest BCUT2D eigenvalue weighted by molar-refractivity contribution is 0.0826. The molecule has 114 valence electrons. The first-order chi connectivity index (χ1) is 9.09. The van der Waals surface area contributed by atoms with Crippen LogP contribution in [-0.2, 0) is 0 Å². The SMILES string of the molecule is CCCNCC(C)(C)CN(CCO)C1CCCCC1. The number of aliphatic hydroxyl groups is 1. The molecule has 0 radical (unpaired) electrons. The maximum Gasteiger partial charge on any atom is 0.0558 e. The first kappa shape index (κ1) is 16.9. The zero-order chi connectivity index (χ0) is 14.1. The Hall–Kier alpha value is -0.120. The van der Waals surface area contributed by atoms with Crippen LogP contribution in [0.4, 0.5) is 0 Å². The Morgan fingerprint density at radius 2 is 1.89 bits per heavy atom. The van der Waals surface area contributed by atoms with Gasteiger partial charge < -0.3 is 10.4 Å². The van der Waals surface area contributed by atoms with Crippen molar-refractivity contribution in [1.82, 2.24) is 10.2 Å². The smallest absolute Gasteiger partial charge is 0.0558 e. The van der Waals surface area contributed by atoms with E-state index in [4.69, 9.17) is 0 Å². The summed E-state index contributed by atoms with van der Waals surface area (Å²) in [5.74, 6) is 0. The van der Waals surface area contributed by atoms with E-state index in [2.05, 4.69) is 31.0 Å². The van der Waals surface area contributed by atoms with Crippen molar-refractivity contribution >= 4 is 0 Å². The molecule has 0 aromatic carbocycles. The molecular weight excluding hydrogens is 236 g/mol. The Morgan fingerprint density at radius 1 is 1.21 bits per heavy atom. The summed E-state index contributed by atoms with van der Waals surface area (Å²) in [6.07, 6.45) is 7.95. The Kier molecular flexibility index (Phi) is 7.96. The normalized spacial score (nSPS) is 18.2. The maximum atomic E-state index is 9.32. The average Bonchev–Trinajstić information content (AvgIpc) is 2.39. The van der Waals surface area contributed by atoms with Gasteiger partial charge in [0.15, 0.2) is 0 Å². The number of nitrogens with zero attached hydrogens (tertiary/aromatic N) is 1. The zero-order valence-corrected chi connectivity index (χ0v) is 13.2. The average molecular weight is 270 g/mol. The Morgan fingerprint density at radius 3 is 2.47 bits per heavy atom. The molecule has 0 amide bonds.